The molecule has 4 aliphatic rings. The fourth-order valence-electron chi connectivity index (χ4n) is 7.11. The third-order valence-electron chi connectivity index (χ3n) is 9.04. The van der Waals surface area contributed by atoms with Gasteiger partial charge in [0.25, 0.3) is 0 Å². The number of hydrogen-bond donors (Lipinski definition) is 0. The Bertz CT molecular complexity index is 1930. The van der Waals surface area contributed by atoms with E-state index in [4.69, 9.17) is 14.2 Å². The van der Waals surface area contributed by atoms with Crippen molar-refractivity contribution in [2.24, 2.45) is 0 Å². The summed E-state index contributed by atoms with van der Waals surface area (Å²) in [5.41, 5.74) is 13.7. The van der Waals surface area contributed by atoms with Gasteiger partial charge in [0, 0.05) is 66.8 Å². The van der Waals surface area contributed by atoms with E-state index in [0.717, 1.165) is 67.9 Å². The second kappa shape index (κ2) is 9.22. The highest BCUT2D eigenvalue weighted by molar-refractivity contribution is 6.15. The van der Waals surface area contributed by atoms with Crippen molar-refractivity contribution >= 4 is 16.7 Å². The first kappa shape index (κ1) is 24.4. The highest BCUT2D eigenvalue weighted by atomic mass is 16.5. The number of para-hydroxylation sites is 6. The standard InChI is InChI=1S/C42H24O3/c1-7-19-31-25(13-1)37(26-14-2-8-20-32(26)43-31)40-41(38-27-15-3-9-21-33(27)44-34-22-10-4-16-28(34)38)42(40)39-29-17-5-11-23-35(29)45-36-24-12-6-18-30(36)39/h1-24H. The van der Waals surface area contributed by atoms with Gasteiger partial charge in [-0.3, -0.25) is 0 Å². The molecule has 210 valence electrons. The maximum atomic E-state index is 6.47. The van der Waals surface area contributed by atoms with Gasteiger partial charge in [-0.1, -0.05) is 109 Å². The number of fused-ring (bicyclic) bond motifs is 6. The number of ether oxygens (including phenoxy) is 3. The van der Waals surface area contributed by atoms with Crippen molar-refractivity contribution in [3.63, 3.8) is 0 Å². The van der Waals surface area contributed by atoms with Crippen LogP contribution in [0.15, 0.2) is 162 Å². The summed E-state index contributed by atoms with van der Waals surface area (Å²) in [6, 6.07) is 50.2. The molecule has 1 fully saturated rings. The fraction of sp³-hybridized carbons (Fsp3) is 0. The Morgan fingerprint density at radius 2 is 0.378 bits per heavy atom. The highest BCUT2D eigenvalue weighted by Gasteiger charge is 2.45. The average molecular weight is 577 g/mol. The van der Waals surface area contributed by atoms with Crippen molar-refractivity contribution in [2.45, 2.75) is 0 Å². The summed E-state index contributed by atoms with van der Waals surface area (Å²) < 4.78 is 19.4. The molecule has 3 aliphatic heterocycles. The number of rotatable bonds is 0. The molecule has 6 aromatic carbocycles. The van der Waals surface area contributed by atoms with Gasteiger partial charge >= 0.3 is 0 Å². The molecule has 3 heterocycles. The molecule has 0 unspecified atom stereocenters. The number of hydrogen-bond acceptors (Lipinski definition) is 3. The van der Waals surface area contributed by atoms with Crippen molar-refractivity contribution in [3.8, 4) is 34.5 Å². The minimum Gasteiger partial charge on any atom is -0.456 e. The van der Waals surface area contributed by atoms with E-state index >= 15 is 0 Å². The van der Waals surface area contributed by atoms with Crippen molar-refractivity contribution < 1.29 is 14.2 Å². The van der Waals surface area contributed by atoms with Gasteiger partial charge in [0.1, 0.15) is 34.5 Å². The van der Waals surface area contributed by atoms with E-state index in [2.05, 4.69) is 109 Å². The average Bonchev–Trinajstić information content (AvgIpc) is 3.81. The van der Waals surface area contributed by atoms with Crippen LogP contribution in [0.3, 0.4) is 0 Å². The zero-order valence-corrected chi connectivity index (χ0v) is 24.1. The monoisotopic (exact) mass is 576 g/mol. The van der Waals surface area contributed by atoms with Crippen LogP contribution in [0.4, 0.5) is 0 Å². The SMILES string of the molecule is c1ccc2c(c1)Oc1ccccc1C2=C1C(=C2c3ccccc3Oc3ccccc32)C1=C1c2ccccc2Oc2ccccc21. The lowest BCUT2D eigenvalue weighted by atomic mass is 9.90. The second-order valence-corrected chi connectivity index (χ2v) is 11.5. The molecule has 0 aromatic heterocycles. The molecule has 0 saturated heterocycles. The van der Waals surface area contributed by atoms with E-state index in [1.54, 1.807) is 0 Å². The normalized spacial score (nSPS) is 14.9. The van der Waals surface area contributed by atoms with Crippen molar-refractivity contribution in [1.82, 2.24) is 0 Å². The molecular formula is C42H24O3. The third-order valence-corrected chi connectivity index (χ3v) is 9.04. The predicted molar refractivity (Wildman–Crippen MR) is 177 cm³/mol. The molecule has 0 N–H and O–H groups in total. The minimum absolute atomic E-state index is 0.861. The predicted octanol–water partition coefficient (Wildman–Crippen LogP) is 10.8. The lowest BCUT2D eigenvalue weighted by Gasteiger charge is -2.23. The molecule has 0 amide bonds. The Balaban J connectivity index is 1.42. The van der Waals surface area contributed by atoms with Crippen LogP contribution in [-0.4, -0.2) is 0 Å². The first-order chi connectivity index (χ1) is 22.3. The summed E-state index contributed by atoms with van der Waals surface area (Å²) in [5, 5.41) is 0. The first-order valence-corrected chi connectivity index (χ1v) is 15.2. The molecule has 10 rings (SSSR count). The van der Waals surface area contributed by atoms with Crippen LogP contribution < -0.4 is 14.2 Å². The van der Waals surface area contributed by atoms with Gasteiger partial charge in [-0.05, 0) is 36.4 Å². The van der Waals surface area contributed by atoms with Crippen LogP contribution in [-0.2, 0) is 0 Å². The number of allylic oxidation sites excluding steroid dienone is 3. The van der Waals surface area contributed by atoms with Crippen molar-refractivity contribution in [3.05, 3.63) is 196 Å². The van der Waals surface area contributed by atoms with Gasteiger partial charge in [-0.15, -0.1) is 0 Å². The van der Waals surface area contributed by atoms with Crippen LogP contribution in [0.2, 0.25) is 0 Å². The summed E-state index contributed by atoms with van der Waals surface area (Å²) in [6.45, 7) is 0. The summed E-state index contributed by atoms with van der Waals surface area (Å²) in [6.07, 6.45) is 0. The summed E-state index contributed by atoms with van der Waals surface area (Å²) >= 11 is 0. The lowest BCUT2D eigenvalue weighted by molar-refractivity contribution is 0.473. The van der Waals surface area contributed by atoms with E-state index in [-0.39, 0.29) is 0 Å². The van der Waals surface area contributed by atoms with Crippen LogP contribution in [0.25, 0.3) is 16.7 Å². The van der Waals surface area contributed by atoms with Crippen LogP contribution >= 0.6 is 0 Å². The summed E-state index contributed by atoms with van der Waals surface area (Å²) in [4.78, 5) is 0. The second-order valence-electron chi connectivity index (χ2n) is 11.5. The van der Waals surface area contributed by atoms with Gasteiger partial charge in [0.2, 0.25) is 0 Å². The maximum absolute atomic E-state index is 6.47. The zero-order valence-electron chi connectivity index (χ0n) is 24.1. The zero-order chi connectivity index (χ0) is 29.5. The Labute approximate surface area is 260 Å². The van der Waals surface area contributed by atoms with Gasteiger partial charge in [0.05, 0.1) is 0 Å². The highest BCUT2D eigenvalue weighted by Crippen LogP contribution is 2.64. The molecule has 0 atom stereocenters. The largest absolute Gasteiger partial charge is 0.456 e. The number of benzene rings is 6. The molecular weight excluding hydrogens is 552 g/mol. The summed E-state index contributed by atoms with van der Waals surface area (Å²) in [7, 11) is 0. The van der Waals surface area contributed by atoms with Crippen molar-refractivity contribution in [2.75, 3.05) is 0 Å². The molecule has 3 nitrogen and oxygen atoms in total. The quantitative estimate of drug-likeness (QED) is 0.180. The molecule has 6 aromatic rings. The lowest BCUT2D eigenvalue weighted by Crippen LogP contribution is -2.03. The molecule has 1 saturated carbocycles. The van der Waals surface area contributed by atoms with Crippen LogP contribution in [0, 0.1) is 0 Å². The minimum atomic E-state index is 0.861. The molecule has 0 bridgehead atoms. The van der Waals surface area contributed by atoms with Gasteiger partial charge < -0.3 is 14.2 Å². The maximum Gasteiger partial charge on any atom is 0.135 e. The Hall–Kier alpha value is -6.06. The van der Waals surface area contributed by atoms with E-state index in [0.29, 0.717) is 0 Å². The molecule has 3 heteroatoms. The van der Waals surface area contributed by atoms with Gasteiger partial charge in [0.15, 0.2) is 0 Å². The van der Waals surface area contributed by atoms with Crippen LogP contribution in [0.5, 0.6) is 34.5 Å². The van der Waals surface area contributed by atoms with Gasteiger partial charge in [-0.25, -0.2) is 0 Å². The first-order valence-electron chi connectivity index (χ1n) is 15.2. The van der Waals surface area contributed by atoms with E-state index in [1.165, 1.54) is 33.4 Å². The van der Waals surface area contributed by atoms with Crippen molar-refractivity contribution in [1.29, 1.82) is 0 Å². The van der Waals surface area contributed by atoms with Crippen LogP contribution in [0.1, 0.15) is 33.4 Å². The smallest absolute Gasteiger partial charge is 0.135 e. The molecule has 0 spiro atoms. The Kier molecular flexibility index (Phi) is 5.00. The van der Waals surface area contributed by atoms with E-state index in [1.807, 2.05) is 36.4 Å². The topological polar surface area (TPSA) is 27.7 Å². The van der Waals surface area contributed by atoms with E-state index < -0.39 is 0 Å². The fourth-order valence-corrected chi connectivity index (χ4v) is 7.11. The Morgan fingerprint density at radius 3 is 0.578 bits per heavy atom. The molecule has 0 radical (unpaired) electrons. The van der Waals surface area contributed by atoms with E-state index in [9.17, 15) is 0 Å². The summed E-state index contributed by atoms with van der Waals surface area (Å²) in [5.74, 6) is 5.17. The third kappa shape index (κ3) is 3.52. The molecule has 45 heavy (non-hydrogen) atoms. The Morgan fingerprint density at radius 1 is 0.200 bits per heavy atom. The van der Waals surface area contributed by atoms with Gasteiger partial charge in [-0.2, -0.15) is 0 Å². The molecule has 1 aliphatic carbocycles.